The van der Waals surface area contributed by atoms with E-state index < -0.39 is 0 Å². The summed E-state index contributed by atoms with van der Waals surface area (Å²) in [5.41, 5.74) is 0.960. The number of hydrogen-bond donors (Lipinski definition) is 0. The number of imidazole rings is 1. The second-order valence-corrected chi connectivity index (χ2v) is 4.13. The molecule has 4 nitrogen and oxygen atoms in total. The number of rotatable bonds is 2. The Morgan fingerprint density at radius 1 is 1.40 bits per heavy atom. The minimum Gasteiger partial charge on any atom is -0.341 e. The van der Waals surface area contributed by atoms with Gasteiger partial charge < -0.3 is 9.47 Å². The average molecular weight is 207 g/mol. The summed E-state index contributed by atoms with van der Waals surface area (Å²) in [6.07, 6.45) is 7.18. The van der Waals surface area contributed by atoms with Gasteiger partial charge in [-0.1, -0.05) is 0 Å². The van der Waals surface area contributed by atoms with Gasteiger partial charge >= 0.3 is 0 Å². The quantitative estimate of drug-likeness (QED) is 0.731. The van der Waals surface area contributed by atoms with Crippen LogP contribution in [0.15, 0.2) is 12.5 Å². The molecule has 0 unspecified atom stereocenters. The smallest absolute Gasteiger partial charge is 0.242 e. The predicted molar refractivity (Wildman–Crippen MR) is 57.4 cm³/mol. The molecule has 1 fully saturated rings. The molecular formula is C11H17N3O. The van der Waals surface area contributed by atoms with Crippen molar-refractivity contribution in [3.05, 3.63) is 18.2 Å². The van der Waals surface area contributed by atoms with Crippen molar-refractivity contribution in [2.24, 2.45) is 0 Å². The fraction of sp³-hybridized carbons (Fsp3) is 0.636. The van der Waals surface area contributed by atoms with Crippen LogP contribution < -0.4 is 0 Å². The molecule has 1 aromatic heterocycles. The van der Waals surface area contributed by atoms with Gasteiger partial charge in [-0.3, -0.25) is 4.79 Å². The normalized spacial score (nSPS) is 16.7. The number of likely N-dealkylation sites (tertiary alicyclic amines) is 1. The highest BCUT2D eigenvalue weighted by Crippen LogP contribution is 2.09. The van der Waals surface area contributed by atoms with E-state index in [0.29, 0.717) is 6.54 Å². The first-order valence-electron chi connectivity index (χ1n) is 5.52. The Labute approximate surface area is 89.9 Å². The van der Waals surface area contributed by atoms with E-state index in [1.54, 1.807) is 6.33 Å². The summed E-state index contributed by atoms with van der Waals surface area (Å²) >= 11 is 0. The highest BCUT2D eigenvalue weighted by atomic mass is 16.2. The van der Waals surface area contributed by atoms with Gasteiger partial charge in [0.2, 0.25) is 5.91 Å². The molecule has 1 amide bonds. The van der Waals surface area contributed by atoms with Crippen LogP contribution in [-0.2, 0) is 11.3 Å². The van der Waals surface area contributed by atoms with E-state index >= 15 is 0 Å². The maximum absolute atomic E-state index is 11.9. The molecule has 0 atom stereocenters. The number of piperidine rings is 1. The van der Waals surface area contributed by atoms with Crippen LogP contribution in [0.3, 0.4) is 0 Å². The topological polar surface area (TPSA) is 38.1 Å². The number of carbonyl (C=O) groups is 1. The second-order valence-electron chi connectivity index (χ2n) is 4.13. The standard InChI is InChI=1S/C11H17N3O/c1-10-7-13(9-12-10)8-11(15)14-5-3-2-4-6-14/h7,9H,2-6,8H2,1H3. The number of carbonyl (C=O) groups excluding carboxylic acids is 1. The van der Waals surface area contributed by atoms with Crippen molar-refractivity contribution in [3.8, 4) is 0 Å². The number of hydrogen-bond acceptors (Lipinski definition) is 2. The van der Waals surface area contributed by atoms with Gasteiger partial charge in [-0.05, 0) is 26.2 Å². The Morgan fingerprint density at radius 3 is 2.73 bits per heavy atom. The highest BCUT2D eigenvalue weighted by molar-refractivity contribution is 5.76. The van der Waals surface area contributed by atoms with Crippen LogP contribution in [0.1, 0.15) is 25.0 Å². The van der Waals surface area contributed by atoms with E-state index in [-0.39, 0.29) is 5.91 Å². The van der Waals surface area contributed by atoms with Crippen molar-refractivity contribution in [3.63, 3.8) is 0 Å². The van der Waals surface area contributed by atoms with Crippen LogP contribution in [0.2, 0.25) is 0 Å². The first-order valence-corrected chi connectivity index (χ1v) is 5.52. The third-order valence-electron chi connectivity index (χ3n) is 2.79. The Balaban J connectivity index is 1.91. The molecule has 0 radical (unpaired) electrons. The van der Waals surface area contributed by atoms with E-state index in [9.17, 15) is 4.79 Å². The minimum atomic E-state index is 0.215. The highest BCUT2D eigenvalue weighted by Gasteiger charge is 2.16. The first kappa shape index (κ1) is 10.2. The Kier molecular flexibility index (Phi) is 3.04. The summed E-state index contributed by atoms with van der Waals surface area (Å²) in [6.45, 7) is 4.21. The molecule has 4 heteroatoms. The lowest BCUT2D eigenvalue weighted by atomic mass is 10.1. The minimum absolute atomic E-state index is 0.215. The molecule has 0 saturated carbocycles. The van der Waals surface area contributed by atoms with Crippen molar-refractivity contribution in [2.45, 2.75) is 32.7 Å². The maximum atomic E-state index is 11.9. The van der Waals surface area contributed by atoms with Gasteiger partial charge in [0.1, 0.15) is 6.54 Å². The van der Waals surface area contributed by atoms with E-state index in [0.717, 1.165) is 31.6 Å². The molecule has 0 aliphatic carbocycles. The lowest BCUT2D eigenvalue weighted by Crippen LogP contribution is -2.37. The fourth-order valence-corrected chi connectivity index (χ4v) is 1.96. The SMILES string of the molecule is Cc1cn(CC(=O)N2CCCCC2)cn1. The van der Waals surface area contributed by atoms with Crippen molar-refractivity contribution < 1.29 is 4.79 Å². The van der Waals surface area contributed by atoms with Crippen LogP contribution >= 0.6 is 0 Å². The molecule has 1 saturated heterocycles. The fourth-order valence-electron chi connectivity index (χ4n) is 1.96. The second kappa shape index (κ2) is 4.47. The number of amides is 1. The van der Waals surface area contributed by atoms with Gasteiger partial charge in [-0.2, -0.15) is 0 Å². The van der Waals surface area contributed by atoms with Crippen LogP contribution in [0.25, 0.3) is 0 Å². The largest absolute Gasteiger partial charge is 0.341 e. The number of aryl methyl sites for hydroxylation is 1. The van der Waals surface area contributed by atoms with Crippen LogP contribution in [0, 0.1) is 6.92 Å². The van der Waals surface area contributed by atoms with Gasteiger partial charge in [-0.15, -0.1) is 0 Å². The van der Waals surface area contributed by atoms with E-state index in [2.05, 4.69) is 4.98 Å². The average Bonchev–Trinajstić information content (AvgIpc) is 2.65. The van der Waals surface area contributed by atoms with Crippen LogP contribution in [-0.4, -0.2) is 33.4 Å². The summed E-state index contributed by atoms with van der Waals surface area (Å²) in [5.74, 6) is 0.215. The first-order chi connectivity index (χ1) is 7.25. The van der Waals surface area contributed by atoms with E-state index in [4.69, 9.17) is 0 Å². The lowest BCUT2D eigenvalue weighted by molar-refractivity contribution is -0.132. The van der Waals surface area contributed by atoms with Gasteiger partial charge in [0, 0.05) is 19.3 Å². The summed E-state index contributed by atoms with van der Waals surface area (Å²) in [7, 11) is 0. The zero-order chi connectivity index (χ0) is 10.7. The summed E-state index contributed by atoms with van der Waals surface area (Å²) < 4.78 is 1.85. The Hall–Kier alpha value is -1.32. The predicted octanol–water partition coefficient (Wildman–Crippen LogP) is 1.20. The summed E-state index contributed by atoms with van der Waals surface area (Å²) in [5, 5.41) is 0. The van der Waals surface area contributed by atoms with Gasteiger partial charge in [0.05, 0.1) is 12.0 Å². The molecule has 2 heterocycles. The van der Waals surface area contributed by atoms with Gasteiger partial charge in [0.25, 0.3) is 0 Å². The molecule has 0 bridgehead atoms. The van der Waals surface area contributed by atoms with Gasteiger partial charge in [0.15, 0.2) is 0 Å². The molecule has 1 aliphatic heterocycles. The van der Waals surface area contributed by atoms with Crippen molar-refractivity contribution in [2.75, 3.05) is 13.1 Å². The molecule has 0 aromatic carbocycles. The monoisotopic (exact) mass is 207 g/mol. The van der Waals surface area contributed by atoms with Crippen molar-refractivity contribution in [1.29, 1.82) is 0 Å². The van der Waals surface area contributed by atoms with Crippen molar-refractivity contribution >= 4 is 5.91 Å². The molecule has 1 aromatic rings. The van der Waals surface area contributed by atoms with Crippen molar-refractivity contribution in [1.82, 2.24) is 14.5 Å². The lowest BCUT2D eigenvalue weighted by Gasteiger charge is -2.26. The summed E-state index contributed by atoms with van der Waals surface area (Å²) in [6, 6.07) is 0. The van der Waals surface area contributed by atoms with Crippen LogP contribution in [0.5, 0.6) is 0 Å². The number of nitrogens with zero attached hydrogens (tertiary/aromatic N) is 3. The number of aromatic nitrogens is 2. The Morgan fingerprint density at radius 2 is 2.13 bits per heavy atom. The molecule has 0 N–H and O–H groups in total. The molecule has 2 rings (SSSR count). The Bertz CT molecular complexity index is 339. The van der Waals surface area contributed by atoms with E-state index in [1.165, 1.54) is 6.42 Å². The molecular weight excluding hydrogens is 190 g/mol. The summed E-state index contributed by atoms with van der Waals surface area (Å²) in [4.78, 5) is 17.9. The third-order valence-corrected chi connectivity index (χ3v) is 2.79. The van der Waals surface area contributed by atoms with E-state index in [1.807, 2.05) is 22.6 Å². The van der Waals surface area contributed by atoms with Gasteiger partial charge in [-0.25, -0.2) is 4.98 Å². The molecule has 82 valence electrons. The van der Waals surface area contributed by atoms with Crippen LogP contribution in [0.4, 0.5) is 0 Å². The zero-order valence-corrected chi connectivity index (χ0v) is 9.15. The molecule has 1 aliphatic rings. The molecule has 0 spiro atoms. The third kappa shape index (κ3) is 2.58. The zero-order valence-electron chi connectivity index (χ0n) is 9.15. The molecule has 15 heavy (non-hydrogen) atoms. The maximum Gasteiger partial charge on any atom is 0.242 e.